The minimum Gasteiger partial charge on any atom is -0.483 e. The zero-order chi connectivity index (χ0) is 18.4. The van der Waals surface area contributed by atoms with Crippen molar-refractivity contribution < 1.29 is 14.3 Å². The van der Waals surface area contributed by atoms with Crippen LogP contribution < -0.4 is 15.6 Å². The first-order valence-electron chi connectivity index (χ1n) is 7.57. The molecule has 0 aliphatic rings. The molecule has 132 valence electrons. The first-order chi connectivity index (χ1) is 11.8. The van der Waals surface area contributed by atoms with Gasteiger partial charge in [-0.1, -0.05) is 41.4 Å². The van der Waals surface area contributed by atoms with Crippen molar-refractivity contribution >= 4 is 35.0 Å². The Kier molecular flexibility index (Phi) is 6.67. The molecule has 2 amide bonds. The Hall–Kier alpha value is -2.24. The van der Waals surface area contributed by atoms with Crippen molar-refractivity contribution in [2.24, 2.45) is 0 Å². The van der Waals surface area contributed by atoms with Crippen LogP contribution in [0.15, 0.2) is 36.4 Å². The number of hydrazine groups is 1. The standard InChI is InChI=1S/C18H18Cl2N2O3/c1-11-3-4-12(2)16(7-11)25-10-18(24)22-21-17(23)8-13-5-6-14(19)9-15(13)20/h3-7,9H,8,10H2,1-2H3,(H,21,23)(H,22,24). The van der Waals surface area contributed by atoms with Gasteiger partial charge in [0, 0.05) is 10.0 Å². The number of hydrogen-bond acceptors (Lipinski definition) is 3. The van der Waals surface area contributed by atoms with Crippen molar-refractivity contribution in [3.8, 4) is 5.75 Å². The van der Waals surface area contributed by atoms with E-state index in [4.69, 9.17) is 27.9 Å². The van der Waals surface area contributed by atoms with Gasteiger partial charge in [-0.15, -0.1) is 0 Å². The molecule has 2 N–H and O–H groups in total. The predicted molar refractivity (Wildman–Crippen MR) is 97.9 cm³/mol. The number of carbonyl (C=O) groups is 2. The molecule has 0 aromatic heterocycles. The van der Waals surface area contributed by atoms with Gasteiger partial charge in [0.25, 0.3) is 5.91 Å². The zero-order valence-corrected chi connectivity index (χ0v) is 15.4. The third kappa shape index (κ3) is 5.96. The van der Waals surface area contributed by atoms with Crippen LogP contribution in [0.2, 0.25) is 10.0 Å². The molecular formula is C18H18Cl2N2O3. The fraction of sp³-hybridized carbons (Fsp3) is 0.222. The lowest BCUT2D eigenvalue weighted by Gasteiger charge is -2.11. The maximum Gasteiger partial charge on any atom is 0.276 e. The summed E-state index contributed by atoms with van der Waals surface area (Å²) in [6.45, 7) is 3.63. The number of rotatable bonds is 5. The number of halogens is 2. The molecule has 0 saturated heterocycles. The Bertz CT molecular complexity index is 794. The van der Waals surface area contributed by atoms with Crippen LogP contribution in [0.25, 0.3) is 0 Å². The summed E-state index contributed by atoms with van der Waals surface area (Å²) in [5, 5.41) is 0.887. The molecule has 2 aromatic carbocycles. The minimum absolute atomic E-state index is 0.0220. The number of ether oxygens (including phenoxy) is 1. The first kappa shape index (κ1) is 19.1. The molecule has 0 saturated carbocycles. The van der Waals surface area contributed by atoms with Crippen LogP contribution in [0.3, 0.4) is 0 Å². The second-order valence-electron chi connectivity index (χ2n) is 5.57. The average Bonchev–Trinajstić information content (AvgIpc) is 2.56. The van der Waals surface area contributed by atoms with E-state index in [9.17, 15) is 9.59 Å². The molecule has 2 aromatic rings. The topological polar surface area (TPSA) is 67.4 Å². The highest BCUT2D eigenvalue weighted by Crippen LogP contribution is 2.21. The lowest BCUT2D eigenvalue weighted by Crippen LogP contribution is -2.44. The largest absolute Gasteiger partial charge is 0.483 e. The van der Waals surface area contributed by atoms with E-state index in [0.717, 1.165) is 11.1 Å². The van der Waals surface area contributed by atoms with E-state index >= 15 is 0 Å². The molecule has 0 aliphatic carbocycles. The van der Waals surface area contributed by atoms with Gasteiger partial charge in [0.1, 0.15) is 5.75 Å². The van der Waals surface area contributed by atoms with Gasteiger partial charge in [-0.2, -0.15) is 0 Å². The van der Waals surface area contributed by atoms with Crippen LogP contribution in [0.1, 0.15) is 16.7 Å². The highest BCUT2D eigenvalue weighted by molar-refractivity contribution is 6.35. The second kappa shape index (κ2) is 8.74. The van der Waals surface area contributed by atoms with Gasteiger partial charge in [0.15, 0.2) is 6.61 Å². The summed E-state index contributed by atoms with van der Waals surface area (Å²) >= 11 is 11.8. The number of benzene rings is 2. The Morgan fingerprint density at radius 2 is 1.72 bits per heavy atom. The van der Waals surface area contributed by atoms with E-state index in [1.165, 1.54) is 0 Å². The van der Waals surface area contributed by atoms with E-state index in [0.29, 0.717) is 21.4 Å². The van der Waals surface area contributed by atoms with E-state index in [1.807, 2.05) is 32.0 Å². The number of nitrogens with one attached hydrogen (secondary N) is 2. The molecule has 5 nitrogen and oxygen atoms in total. The zero-order valence-electron chi connectivity index (χ0n) is 13.9. The summed E-state index contributed by atoms with van der Waals surface area (Å²) in [6, 6.07) is 10.6. The summed E-state index contributed by atoms with van der Waals surface area (Å²) in [5.41, 5.74) is 7.21. The van der Waals surface area contributed by atoms with Crippen LogP contribution >= 0.6 is 23.2 Å². The molecule has 0 bridgehead atoms. The van der Waals surface area contributed by atoms with Crippen LogP contribution in [0, 0.1) is 13.8 Å². The third-order valence-electron chi connectivity index (χ3n) is 3.41. The molecule has 0 atom stereocenters. The molecule has 7 heteroatoms. The number of aryl methyl sites for hydroxylation is 2. The van der Waals surface area contributed by atoms with Crippen molar-refractivity contribution in [1.82, 2.24) is 10.9 Å². The highest BCUT2D eigenvalue weighted by atomic mass is 35.5. The Morgan fingerprint density at radius 1 is 1.00 bits per heavy atom. The van der Waals surface area contributed by atoms with Crippen molar-refractivity contribution in [2.45, 2.75) is 20.3 Å². The predicted octanol–water partition coefficient (Wildman–Crippen LogP) is 3.38. The monoisotopic (exact) mass is 380 g/mol. The third-order valence-corrected chi connectivity index (χ3v) is 4.00. The van der Waals surface area contributed by atoms with E-state index in [-0.39, 0.29) is 13.0 Å². The van der Waals surface area contributed by atoms with Gasteiger partial charge in [-0.25, -0.2) is 0 Å². The molecule has 0 heterocycles. The summed E-state index contributed by atoms with van der Waals surface area (Å²) in [6.07, 6.45) is 0.0220. The average molecular weight is 381 g/mol. The molecule has 0 radical (unpaired) electrons. The molecule has 0 aliphatic heterocycles. The maximum atomic E-state index is 11.9. The molecular weight excluding hydrogens is 363 g/mol. The number of amides is 2. The van der Waals surface area contributed by atoms with Crippen molar-refractivity contribution in [3.05, 3.63) is 63.1 Å². The number of carbonyl (C=O) groups excluding carboxylic acids is 2. The Morgan fingerprint density at radius 3 is 2.44 bits per heavy atom. The lowest BCUT2D eigenvalue weighted by molar-refractivity contribution is -0.129. The summed E-state index contributed by atoms with van der Waals surface area (Å²) in [7, 11) is 0. The van der Waals surface area contributed by atoms with E-state index in [2.05, 4.69) is 10.9 Å². The van der Waals surface area contributed by atoms with Gasteiger partial charge in [0.05, 0.1) is 6.42 Å². The van der Waals surface area contributed by atoms with E-state index < -0.39 is 11.8 Å². The molecule has 0 fully saturated rings. The molecule has 0 unspecified atom stereocenters. The smallest absolute Gasteiger partial charge is 0.276 e. The van der Waals surface area contributed by atoms with Crippen molar-refractivity contribution in [1.29, 1.82) is 0 Å². The molecule has 0 spiro atoms. The fourth-order valence-electron chi connectivity index (χ4n) is 2.06. The Balaban J connectivity index is 1.79. The fourth-order valence-corrected chi connectivity index (χ4v) is 2.54. The van der Waals surface area contributed by atoms with Crippen LogP contribution in [0.4, 0.5) is 0 Å². The van der Waals surface area contributed by atoms with Crippen molar-refractivity contribution in [3.63, 3.8) is 0 Å². The lowest BCUT2D eigenvalue weighted by atomic mass is 10.1. The normalized spacial score (nSPS) is 10.2. The summed E-state index contributed by atoms with van der Waals surface area (Å²) < 4.78 is 5.46. The first-order valence-corrected chi connectivity index (χ1v) is 8.32. The van der Waals surface area contributed by atoms with Gasteiger partial charge in [0.2, 0.25) is 5.91 Å². The van der Waals surface area contributed by atoms with Crippen LogP contribution in [0.5, 0.6) is 5.75 Å². The summed E-state index contributed by atoms with van der Waals surface area (Å²) in [4.78, 5) is 23.7. The SMILES string of the molecule is Cc1ccc(C)c(OCC(=O)NNC(=O)Cc2ccc(Cl)cc2Cl)c1. The minimum atomic E-state index is -0.462. The Labute approximate surface area is 156 Å². The molecule has 2 rings (SSSR count). The van der Waals surface area contributed by atoms with Gasteiger partial charge in [-0.05, 0) is 48.7 Å². The van der Waals surface area contributed by atoms with Gasteiger partial charge in [-0.3, -0.25) is 20.4 Å². The number of hydrogen-bond donors (Lipinski definition) is 2. The maximum absolute atomic E-state index is 11.9. The quantitative estimate of drug-likeness (QED) is 0.781. The summed E-state index contributed by atoms with van der Waals surface area (Å²) in [5.74, 6) is -0.227. The van der Waals surface area contributed by atoms with E-state index in [1.54, 1.807) is 18.2 Å². The van der Waals surface area contributed by atoms with Gasteiger partial charge < -0.3 is 4.74 Å². The highest BCUT2D eigenvalue weighted by Gasteiger charge is 2.10. The van der Waals surface area contributed by atoms with Crippen molar-refractivity contribution in [2.75, 3.05) is 6.61 Å². The van der Waals surface area contributed by atoms with Crippen LogP contribution in [-0.2, 0) is 16.0 Å². The van der Waals surface area contributed by atoms with Crippen LogP contribution in [-0.4, -0.2) is 18.4 Å². The molecule has 25 heavy (non-hydrogen) atoms. The van der Waals surface area contributed by atoms with Gasteiger partial charge >= 0.3 is 0 Å². The second-order valence-corrected chi connectivity index (χ2v) is 6.41.